The van der Waals surface area contributed by atoms with Crippen LogP contribution in [0.25, 0.3) is 11.1 Å². The van der Waals surface area contributed by atoms with Crippen molar-refractivity contribution >= 4 is 17.0 Å². The summed E-state index contributed by atoms with van der Waals surface area (Å²) in [5.74, 6) is 0.762. The molecule has 2 unspecified atom stereocenters. The number of ether oxygens (including phenoxy) is 1. The van der Waals surface area contributed by atoms with Crippen molar-refractivity contribution in [1.82, 2.24) is 9.88 Å². The fourth-order valence-electron chi connectivity index (χ4n) is 2.78. The summed E-state index contributed by atoms with van der Waals surface area (Å²) in [5.41, 5.74) is 1.61. The molecule has 0 bridgehead atoms. The van der Waals surface area contributed by atoms with E-state index < -0.39 is 0 Å². The molecule has 5 nitrogen and oxygen atoms in total. The fraction of sp³-hybridized carbons (Fsp3) is 0.500. The average molecular weight is 288 g/mol. The lowest BCUT2D eigenvalue weighted by Gasteiger charge is -2.35. The standard InChI is InChI=1S/C16H20N2O3/c1-11-9-18(10-12(2)20-11)16(19)8-7-15-17-13-5-3-4-6-14(13)21-15/h3-6,11-12H,7-10H2,1-2H3. The van der Waals surface area contributed by atoms with Gasteiger partial charge in [-0.3, -0.25) is 4.79 Å². The van der Waals surface area contributed by atoms with Crippen molar-refractivity contribution in [3.63, 3.8) is 0 Å². The summed E-state index contributed by atoms with van der Waals surface area (Å²) in [4.78, 5) is 18.6. The van der Waals surface area contributed by atoms with Crippen molar-refractivity contribution in [2.24, 2.45) is 0 Å². The second-order valence-electron chi connectivity index (χ2n) is 5.63. The number of amides is 1. The zero-order chi connectivity index (χ0) is 14.8. The molecular formula is C16H20N2O3. The van der Waals surface area contributed by atoms with Crippen molar-refractivity contribution < 1.29 is 13.9 Å². The Balaban J connectivity index is 1.60. The first-order valence-electron chi connectivity index (χ1n) is 7.39. The Morgan fingerprint density at radius 3 is 2.71 bits per heavy atom. The highest BCUT2D eigenvalue weighted by Crippen LogP contribution is 2.17. The van der Waals surface area contributed by atoms with Crippen molar-refractivity contribution in [3.05, 3.63) is 30.2 Å². The molecule has 1 aromatic carbocycles. The van der Waals surface area contributed by atoms with E-state index in [1.807, 2.05) is 43.0 Å². The number of para-hydroxylation sites is 2. The number of carbonyl (C=O) groups is 1. The Morgan fingerprint density at radius 1 is 1.29 bits per heavy atom. The quantitative estimate of drug-likeness (QED) is 0.870. The van der Waals surface area contributed by atoms with Gasteiger partial charge in [0.2, 0.25) is 5.91 Å². The number of oxazole rings is 1. The SMILES string of the molecule is CC1CN(C(=O)CCc2nc3ccccc3o2)CC(C)O1. The van der Waals surface area contributed by atoms with Crippen LogP contribution in [0.5, 0.6) is 0 Å². The predicted octanol–water partition coefficient (Wildman–Crippen LogP) is 2.40. The monoisotopic (exact) mass is 288 g/mol. The third-order valence-corrected chi connectivity index (χ3v) is 3.66. The Kier molecular flexibility index (Phi) is 3.92. The second kappa shape index (κ2) is 5.85. The first kappa shape index (κ1) is 14.1. The summed E-state index contributed by atoms with van der Waals surface area (Å²) in [6.45, 7) is 5.32. The lowest BCUT2D eigenvalue weighted by molar-refractivity contribution is -0.143. The van der Waals surface area contributed by atoms with Gasteiger partial charge in [-0.25, -0.2) is 4.98 Å². The molecule has 2 aromatic rings. The number of aromatic nitrogens is 1. The first-order chi connectivity index (χ1) is 10.1. The number of nitrogens with zero attached hydrogens (tertiary/aromatic N) is 2. The number of aryl methyl sites for hydroxylation is 1. The van der Waals surface area contributed by atoms with Gasteiger partial charge in [0.25, 0.3) is 0 Å². The smallest absolute Gasteiger partial charge is 0.223 e. The van der Waals surface area contributed by atoms with Gasteiger partial charge in [-0.1, -0.05) is 12.1 Å². The molecule has 0 N–H and O–H groups in total. The zero-order valence-electron chi connectivity index (χ0n) is 12.4. The van der Waals surface area contributed by atoms with Crippen molar-refractivity contribution in [3.8, 4) is 0 Å². The van der Waals surface area contributed by atoms with Gasteiger partial charge in [0, 0.05) is 25.9 Å². The molecule has 3 rings (SSSR count). The topological polar surface area (TPSA) is 55.6 Å². The lowest BCUT2D eigenvalue weighted by Crippen LogP contribution is -2.48. The number of carbonyl (C=O) groups excluding carboxylic acids is 1. The van der Waals surface area contributed by atoms with Gasteiger partial charge in [-0.2, -0.15) is 0 Å². The van der Waals surface area contributed by atoms with E-state index in [-0.39, 0.29) is 18.1 Å². The molecule has 0 spiro atoms. The molecule has 0 aliphatic carbocycles. The van der Waals surface area contributed by atoms with E-state index in [2.05, 4.69) is 4.98 Å². The molecule has 1 fully saturated rings. The van der Waals surface area contributed by atoms with E-state index in [1.54, 1.807) is 0 Å². The summed E-state index contributed by atoms with van der Waals surface area (Å²) >= 11 is 0. The summed E-state index contributed by atoms with van der Waals surface area (Å²) in [6.07, 6.45) is 1.16. The molecule has 1 amide bonds. The number of rotatable bonds is 3. The fourth-order valence-corrected chi connectivity index (χ4v) is 2.78. The molecule has 2 heterocycles. The minimum absolute atomic E-state index is 0.0991. The van der Waals surface area contributed by atoms with Crippen LogP contribution in [-0.4, -0.2) is 41.1 Å². The van der Waals surface area contributed by atoms with Gasteiger partial charge in [-0.05, 0) is 26.0 Å². The van der Waals surface area contributed by atoms with Crippen LogP contribution in [0, 0.1) is 0 Å². The highest BCUT2D eigenvalue weighted by atomic mass is 16.5. The third kappa shape index (κ3) is 3.24. The normalized spacial score (nSPS) is 22.7. The third-order valence-electron chi connectivity index (χ3n) is 3.66. The molecule has 1 aliphatic heterocycles. The Morgan fingerprint density at radius 2 is 2.00 bits per heavy atom. The van der Waals surface area contributed by atoms with Crippen LogP contribution in [0.3, 0.4) is 0 Å². The van der Waals surface area contributed by atoms with Crippen molar-refractivity contribution in [1.29, 1.82) is 0 Å². The van der Waals surface area contributed by atoms with Gasteiger partial charge in [0.15, 0.2) is 11.5 Å². The molecular weight excluding hydrogens is 268 g/mol. The van der Waals surface area contributed by atoms with E-state index >= 15 is 0 Å². The zero-order valence-corrected chi connectivity index (χ0v) is 12.4. The molecule has 21 heavy (non-hydrogen) atoms. The summed E-state index contributed by atoms with van der Waals surface area (Å²) in [7, 11) is 0. The van der Waals surface area contributed by atoms with E-state index in [4.69, 9.17) is 9.15 Å². The lowest BCUT2D eigenvalue weighted by atomic mass is 10.2. The molecule has 2 atom stereocenters. The van der Waals surface area contributed by atoms with Gasteiger partial charge in [0.05, 0.1) is 12.2 Å². The summed E-state index contributed by atoms with van der Waals surface area (Å²) in [5, 5.41) is 0. The van der Waals surface area contributed by atoms with Crippen LogP contribution in [0.1, 0.15) is 26.2 Å². The number of morpholine rings is 1. The average Bonchev–Trinajstić information content (AvgIpc) is 2.86. The predicted molar refractivity (Wildman–Crippen MR) is 78.9 cm³/mol. The van der Waals surface area contributed by atoms with Gasteiger partial charge in [-0.15, -0.1) is 0 Å². The molecule has 0 radical (unpaired) electrons. The maximum Gasteiger partial charge on any atom is 0.223 e. The number of hydrogen-bond donors (Lipinski definition) is 0. The maximum atomic E-state index is 12.3. The van der Waals surface area contributed by atoms with E-state index in [1.165, 1.54) is 0 Å². The summed E-state index contributed by atoms with van der Waals surface area (Å²) in [6, 6.07) is 7.64. The van der Waals surface area contributed by atoms with Crippen LogP contribution in [-0.2, 0) is 16.0 Å². The highest BCUT2D eigenvalue weighted by molar-refractivity contribution is 5.77. The Hall–Kier alpha value is -1.88. The van der Waals surface area contributed by atoms with Crippen LogP contribution >= 0.6 is 0 Å². The minimum Gasteiger partial charge on any atom is -0.441 e. The van der Waals surface area contributed by atoms with Gasteiger partial charge >= 0.3 is 0 Å². The van der Waals surface area contributed by atoms with Crippen molar-refractivity contribution in [2.75, 3.05) is 13.1 Å². The number of hydrogen-bond acceptors (Lipinski definition) is 4. The largest absolute Gasteiger partial charge is 0.441 e. The van der Waals surface area contributed by atoms with Crippen LogP contribution in [0.15, 0.2) is 28.7 Å². The molecule has 1 aliphatic rings. The Labute approximate surface area is 123 Å². The van der Waals surface area contributed by atoms with Crippen molar-refractivity contribution in [2.45, 2.75) is 38.9 Å². The number of fused-ring (bicyclic) bond motifs is 1. The molecule has 112 valence electrons. The molecule has 1 saturated heterocycles. The summed E-state index contributed by atoms with van der Waals surface area (Å²) < 4.78 is 11.3. The van der Waals surface area contributed by atoms with Crippen LogP contribution in [0.2, 0.25) is 0 Å². The minimum atomic E-state index is 0.0991. The van der Waals surface area contributed by atoms with Gasteiger partial charge in [0.1, 0.15) is 5.52 Å². The molecule has 0 saturated carbocycles. The first-order valence-corrected chi connectivity index (χ1v) is 7.39. The molecule has 5 heteroatoms. The second-order valence-corrected chi connectivity index (χ2v) is 5.63. The van der Waals surface area contributed by atoms with Crippen LogP contribution in [0.4, 0.5) is 0 Å². The Bertz CT molecular complexity index is 594. The highest BCUT2D eigenvalue weighted by Gasteiger charge is 2.25. The van der Waals surface area contributed by atoms with Crippen LogP contribution < -0.4 is 0 Å². The molecule has 1 aromatic heterocycles. The van der Waals surface area contributed by atoms with E-state index in [0.29, 0.717) is 31.8 Å². The van der Waals surface area contributed by atoms with Gasteiger partial charge < -0.3 is 14.1 Å². The maximum absolute atomic E-state index is 12.3. The number of benzene rings is 1. The van der Waals surface area contributed by atoms with E-state index in [9.17, 15) is 4.79 Å². The van der Waals surface area contributed by atoms with E-state index in [0.717, 1.165) is 11.1 Å².